The third-order valence-corrected chi connectivity index (χ3v) is 5.36. The summed E-state index contributed by atoms with van der Waals surface area (Å²) in [6.45, 7) is 5.47. The normalized spacial score (nSPS) is 10.6. The second kappa shape index (κ2) is 11.8. The summed E-state index contributed by atoms with van der Waals surface area (Å²) in [6.07, 6.45) is 1.33. The van der Waals surface area contributed by atoms with Crippen LogP contribution >= 0.6 is 11.6 Å². The van der Waals surface area contributed by atoms with Crippen LogP contribution in [0.25, 0.3) is 0 Å². The highest BCUT2D eigenvalue weighted by Gasteiger charge is 2.14. The third-order valence-electron chi connectivity index (χ3n) is 4.95. The number of amides is 3. The zero-order chi connectivity index (χ0) is 25.4. The van der Waals surface area contributed by atoms with Crippen LogP contribution in [0.15, 0.2) is 65.8 Å². The minimum absolute atomic E-state index is 0.216. The van der Waals surface area contributed by atoms with Crippen LogP contribution in [0, 0.1) is 20.8 Å². The first-order valence-corrected chi connectivity index (χ1v) is 11.1. The molecular weight excluding hydrogens is 468 g/mol. The number of ether oxygens (including phenoxy) is 1. The van der Waals surface area contributed by atoms with Crippen molar-refractivity contribution in [3.05, 3.63) is 87.9 Å². The van der Waals surface area contributed by atoms with Crippen LogP contribution in [0.4, 0.5) is 11.4 Å². The Morgan fingerprint density at radius 1 is 0.914 bits per heavy atom. The van der Waals surface area contributed by atoms with E-state index in [4.69, 9.17) is 16.3 Å². The first-order chi connectivity index (χ1) is 16.7. The fourth-order valence-electron chi connectivity index (χ4n) is 2.99. The summed E-state index contributed by atoms with van der Waals surface area (Å²) in [5, 5.41) is 9.58. The highest BCUT2D eigenvalue weighted by Crippen LogP contribution is 2.20. The summed E-state index contributed by atoms with van der Waals surface area (Å²) in [5.74, 6) is -1.77. The van der Waals surface area contributed by atoms with E-state index in [0.717, 1.165) is 22.4 Å². The van der Waals surface area contributed by atoms with Gasteiger partial charge >= 0.3 is 11.8 Å². The van der Waals surface area contributed by atoms with Gasteiger partial charge in [-0.25, -0.2) is 5.43 Å². The van der Waals surface area contributed by atoms with Crippen molar-refractivity contribution in [1.82, 2.24) is 5.43 Å². The van der Waals surface area contributed by atoms with Gasteiger partial charge in [0, 0.05) is 22.0 Å². The number of para-hydroxylation sites is 1. The van der Waals surface area contributed by atoms with Crippen molar-refractivity contribution in [2.24, 2.45) is 5.10 Å². The largest absolute Gasteiger partial charge is 0.483 e. The fourth-order valence-corrected chi connectivity index (χ4v) is 3.17. The van der Waals surface area contributed by atoms with E-state index in [2.05, 4.69) is 21.2 Å². The van der Waals surface area contributed by atoms with E-state index in [-0.39, 0.29) is 12.5 Å². The quantitative estimate of drug-likeness (QED) is 0.258. The van der Waals surface area contributed by atoms with Gasteiger partial charge in [-0.3, -0.25) is 14.4 Å². The Morgan fingerprint density at radius 3 is 2.43 bits per heavy atom. The average molecular weight is 493 g/mol. The van der Waals surface area contributed by atoms with E-state index in [1.165, 1.54) is 6.21 Å². The van der Waals surface area contributed by atoms with Crippen LogP contribution in [0.1, 0.15) is 22.3 Å². The van der Waals surface area contributed by atoms with Gasteiger partial charge in [0.2, 0.25) is 0 Å². The third kappa shape index (κ3) is 7.41. The lowest BCUT2D eigenvalue weighted by Gasteiger charge is -2.11. The van der Waals surface area contributed by atoms with E-state index >= 15 is 0 Å². The molecule has 0 spiro atoms. The molecule has 180 valence electrons. The number of hydrogen-bond acceptors (Lipinski definition) is 5. The standard InChI is InChI=1S/C26H25ClN4O4/c1-16-8-9-18(3)22(12-16)30-24(32)15-35-23-7-5-4-6-19(23)14-28-31-26(34)25(33)29-20-11-10-17(2)21(27)13-20/h4-14H,15H2,1-3H3,(H,29,33)(H,30,32)(H,31,34)/b28-14-. The van der Waals surface area contributed by atoms with Crippen molar-refractivity contribution in [3.8, 4) is 5.75 Å². The molecule has 3 amide bonds. The van der Waals surface area contributed by atoms with Crippen molar-refractivity contribution in [1.29, 1.82) is 0 Å². The number of carbonyl (C=O) groups excluding carboxylic acids is 3. The van der Waals surface area contributed by atoms with E-state index < -0.39 is 11.8 Å². The van der Waals surface area contributed by atoms with Gasteiger partial charge in [0.05, 0.1) is 6.21 Å². The van der Waals surface area contributed by atoms with Crippen LogP contribution in [-0.4, -0.2) is 30.5 Å². The number of rotatable bonds is 7. The van der Waals surface area contributed by atoms with Crippen LogP contribution in [-0.2, 0) is 14.4 Å². The monoisotopic (exact) mass is 492 g/mol. The molecule has 0 aliphatic carbocycles. The van der Waals surface area contributed by atoms with Crippen LogP contribution in [0.3, 0.4) is 0 Å². The van der Waals surface area contributed by atoms with Gasteiger partial charge in [-0.05, 0) is 67.8 Å². The predicted molar refractivity (Wildman–Crippen MR) is 137 cm³/mol. The van der Waals surface area contributed by atoms with E-state index in [1.54, 1.807) is 42.5 Å². The van der Waals surface area contributed by atoms with Gasteiger partial charge < -0.3 is 15.4 Å². The lowest BCUT2D eigenvalue weighted by molar-refractivity contribution is -0.136. The highest BCUT2D eigenvalue weighted by molar-refractivity contribution is 6.39. The SMILES string of the molecule is Cc1ccc(C)c(NC(=O)COc2ccccc2/C=N\NC(=O)C(=O)Nc2ccc(C)c(Cl)c2)c1. The summed E-state index contributed by atoms with van der Waals surface area (Å²) in [4.78, 5) is 36.5. The van der Waals surface area contributed by atoms with Gasteiger partial charge in [0.1, 0.15) is 5.75 Å². The molecular formula is C26H25ClN4O4. The molecule has 3 aromatic rings. The van der Waals surface area contributed by atoms with Crippen LogP contribution in [0.2, 0.25) is 5.02 Å². The lowest BCUT2D eigenvalue weighted by atomic mass is 10.1. The molecule has 0 saturated carbocycles. The second-order valence-electron chi connectivity index (χ2n) is 7.81. The zero-order valence-electron chi connectivity index (χ0n) is 19.5. The summed E-state index contributed by atoms with van der Waals surface area (Å²) in [5.41, 5.74) is 6.62. The Morgan fingerprint density at radius 2 is 1.66 bits per heavy atom. The molecule has 0 heterocycles. The van der Waals surface area contributed by atoms with E-state index in [0.29, 0.717) is 22.0 Å². The molecule has 0 radical (unpaired) electrons. The smallest absolute Gasteiger partial charge is 0.329 e. The van der Waals surface area contributed by atoms with Crippen molar-refractivity contribution in [2.75, 3.05) is 17.2 Å². The Kier molecular flexibility index (Phi) is 8.58. The molecule has 0 saturated heterocycles. The van der Waals surface area contributed by atoms with Crippen molar-refractivity contribution in [2.45, 2.75) is 20.8 Å². The van der Waals surface area contributed by atoms with E-state index in [1.807, 2.05) is 39.0 Å². The number of aryl methyl sites for hydroxylation is 3. The minimum Gasteiger partial charge on any atom is -0.483 e. The highest BCUT2D eigenvalue weighted by atomic mass is 35.5. The first-order valence-electron chi connectivity index (χ1n) is 10.7. The first kappa shape index (κ1) is 25.5. The lowest BCUT2D eigenvalue weighted by Crippen LogP contribution is -2.32. The van der Waals surface area contributed by atoms with E-state index in [9.17, 15) is 14.4 Å². The Bertz CT molecular complexity index is 1290. The maximum Gasteiger partial charge on any atom is 0.329 e. The number of nitrogens with zero attached hydrogens (tertiary/aromatic N) is 1. The molecule has 3 aromatic carbocycles. The molecule has 0 aromatic heterocycles. The number of carbonyl (C=O) groups is 3. The van der Waals surface area contributed by atoms with Gasteiger partial charge in [-0.1, -0.05) is 41.9 Å². The van der Waals surface area contributed by atoms with Crippen molar-refractivity contribution < 1.29 is 19.1 Å². The molecule has 0 unspecified atom stereocenters. The minimum atomic E-state index is -0.954. The molecule has 9 heteroatoms. The number of halogens is 1. The van der Waals surface area contributed by atoms with Gasteiger partial charge in [0.15, 0.2) is 6.61 Å². The Hall–Kier alpha value is -4.17. The average Bonchev–Trinajstić information content (AvgIpc) is 2.83. The maximum absolute atomic E-state index is 12.3. The summed E-state index contributed by atoms with van der Waals surface area (Å²) < 4.78 is 5.64. The summed E-state index contributed by atoms with van der Waals surface area (Å²) in [6, 6.07) is 17.6. The van der Waals surface area contributed by atoms with Gasteiger partial charge in [-0.15, -0.1) is 0 Å². The molecule has 3 rings (SSSR count). The zero-order valence-corrected chi connectivity index (χ0v) is 20.3. The van der Waals surface area contributed by atoms with Crippen molar-refractivity contribution in [3.63, 3.8) is 0 Å². The molecule has 0 bridgehead atoms. The van der Waals surface area contributed by atoms with Gasteiger partial charge in [0.25, 0.3) is 5.91 Å². The number of benzene rings is 3. The number of nitrogens with one attached hydrogen (secondary N) is 3. The Labute approximate surface area is 208 Å². The number of hydrazone groups is 1. The maximum atomic E-state index is 12.3. The Balaban J connectivity index is 1.55. The molecule has 0 aliphatic heterocycles. The summed E-state index contributed by atoms with van der Waals surface area (Å²) in [7, 11) is 0. The molecule has 3 N–H and O–H groups in total. The summed E-state index contributed by atoms with van der Waals surface area (Å²) >= 11 is 6.03. The van der Waals surface area contributed by atoms with Crippen LogP contribution in [0.5, 0.6) is 5.75 Å². The molecule has 8 nitrogen and oxygen atoms in total. The molecule has 0 fully saturated rings. The fraction of sp³-hybridized carbons (Fsp3) is 0.154. The van der Waals surface area contributed by atoms with Crippen LogP contribution < -0.4 is 20.8 Å². The van der Waals surface area contributed by atoms with Crippen molar-refractivity contribution >= 4 is 46.9 Å². The molecule has 0 atom stereocenters. The van der Waals surface area contributed by atoms with Gasteiger partial charge in [-0.2, -0.15) is 5.10 Å². The number of anilines is 2. The number of hydrogen-bond donors (Lipinski definition) is 3. The molecule has 35 heavy (non-hydrogen) atoms. The predicted octanol–water partition coefficient (Wildman–Crippen LogP) is 4.37. The molecule has 0 aliphatic rings. The topological polar surface area (TPSA) is 109 Å². The second-order valence-corrected chi connectivity index (χ2v) is 8.22.